The maximum Gasteiger partial charge on any atom is 0.297 e. The van der Waals surface area contributed by atoms with E-state index in [4.69, 9.17) is 0 Å². The Morgan fingerprint density at radius 1 is 1.09 bits per heavy atom. The first kappa shape index (κ1) is 20.9. The minimum Gasteiger partial charge on any atom is -0.359 e. The molecule has 1 aromatic heterocycles. The second kappa shape index (κ2) is 8.54. The SMILES string of the molecule is Cc1ccc(C(=O)NC2CC2)cc1-n1ccnc(NC(C)c2cccc3ccccc23)c1=O. The Balaban J connectivity index is 1.47. The lowest BCUT2D eigenvalue weighted by Gasteiger charge is -2.18. The number of benzene rings is 3. The molecule has 0 spiro atoms. The van der Waals surface area contributed by atoms with E-state index >= 15 is 0 Å². The van der Waals surface area contributed by atoms with E-state index in [0.717, 1.165) is 34.7 Å². The van der Waals surface area contributed by atoms with E-state index in [-0.39, 0.29) is 29.4 Å². The Hall–Kier alpha value is -3.93. The highest BCUT2D eigenvalue weighted by Crippen LogP contribution is 2.26. The molecule has 33 heavy (non-hydrogen) atoms. The molecule has 1 heterocycles. The fourth-order valence-electron chi connectivity index (χ4n) is 4.12. The first-order valence-electron chi connectivity index (χ1n) is 11.2. The second-order valence-corrected chi connectivity index (χ2v) is 8.63. The number of carbonyl (C=O) groups excluding carboxylic acids is 1. The summed E-state index contributed by atoms with van der Waals surface area (Å²) in [5.74, 6) is 0.161. The highest BCUT2D eigenvalue weighted by molar-refractivity contribution is 5.95. The largest absolute Gasteiger partial charge is 0.359 e. The van der Waals surface area contributed by atoms with Crippen molar-refractivity contribution < 1.29 is 4.79 Å². The lowest BCUT2D eigenvalue weighted by molar-refractivity contribution is 0.0951. The first-order valence-corrected chi connectivity index (χ1v) is 11.2. The number of hydrogen-bond acceptors (Lipinski definition) is 4. The van der Waals surface area contributed by atoms with Crippen LogP contribution in [0.3, 0.4) is 0 Å². The van der Waals surface area contributed by atoms with Gasteiger partial charge in [0, 0.05) is 24.0 Å². The molecule has 1 aliphatic rings. The molecule has 1 fully saturated rings. The van der Waals surface area contributed by atoms with E-state index in [9.17, 15) is 9.59 Å². The molecule has 1 atom stereocenters. The highest BCUT2D eigenvalue weighted by Gasteiger charge is 2.24. The van der Waals surface area contributed by atoms with Gasteiger partial charge in [-0.15, -0.1) is 0 Å². The summed E-state index contributed by atoms with van der Waals surface area (Å²) < 4.78 is 1.55. The summed E-state index contributed by atoms with van der Waals surface area (Å²) in [6.45, 7) is 3.95. The van der Waals surface area contributed by atoms with Gasteiger partial charge in [-0.25, -0.2) is 4.98 Å². The van der Waals surface area contributed by atoms with Crippen LogP contribution in [0.4, 0.5) is 5.82 Å². The minimum atomic E-state index is -0.257. The molecule has 6 nitrogen and oxygen atoms in total. The van der Waals surface area contributed by atoms with E-state index in [2.05, 4.69) is 39.9 Å². The molecule has 166 valence electrons. The maximum atomic E-state index is 13.4. The molecule has 1 aliphatic carbocycles. The Labute approximate surface area is 192 Å². The van der Waals surface area contributed by atoms with E-state index in [1.807, 2.05) is 38.1 Å². The number of fused-ring (bicyclic) bond motifs is 1. The number of nitrogens with one attached hydrogen (secondary N) is 2. The third-order valence-electron chi connectivity index (χ3n) is 6.13. The summed E-state index contributed by atoms with van der Waals surface area (Å²) in [6, 6.07) is 19.9. The van der Waals surface area contributed by atoms with Gasteiger partial charge in [-0.2, -0.15) is 0 Å². The van der Waals surface area contributed by atoms with Crippen molar-refractivity contribution in [1.82, 2.24) is 14.9 Å². The third-order valence-corrected chi connectivity index (χ3v) is 6.13. The molecule has 0 bridgehead atoms. The van der Waals surface area contributed by atoms with E-state index in [0.29, 0.717) is 11.3 Å². The van der Waals surface area contributed by atoms with Crippen LogP contribution in [0.1, 0.15) is 47.3 Å². The van der Waals surface area contributed by atoms with Crippen molar-refractivity contribution in [2.45, 2.75) is 38.8 Å². The van der Waals surface area contributed by atoms with E-state index in [1.165, 1.54) is 0 Å². The first-order chi connectivity index (χ1) is 16.0. The number of nitrogens with zero attached hydrogens (tertiary/aromatic N) is 2. The van der Waals surface area contributed by atoms with Gasteiger partial charge in [0.2, 0.25) is 0 Å². The fourth-order valence-corrected chi connectivity index (χ4v) is 4.12. The summed E-state index contributed by atoms with van der Waals surface area (Å²) in [4.78, 5) is 30.2. The Morgan fingerprint density at radius 3 is 2.70 bits per heavy atom. The number of rotatable bonds is 6. The van der Waals surface area contributed by atoms with Gasteiger partial charge in [-0.3, -0.25) is 14.2 Å². The molecule has 3 aromatic carbocycles. The average molecular weight is 439 g/mol. The van der Waals surface area contributed by atoms with Gasteiger partial charge < -0.3 is 10.6 Å². The number of hydrogen-bond donors (Lipinski definition) is 2. The van der Waals surface area contributed by atoms with E-state index in [1.54, 1.807) is 29.1 Å². The highest BCUT2D eigenvalue weighted by atomic mass is 16.2. The maximum absolute atomic E-state index is 13.4. The molecule has 2 N–H and O–H groups in total. The summed E-state index contributed by atoms with van der Waals surface area (Å²) in [5, 5.41) is 8.59. The summed E-state index contributed by atoms with van der Waals surface area (Å²) in [5.41, 5.74) is 2.96. The minimum absolute atomic E-state index is 0.108. The molecule has 5 rings (SSSR count). The molecule has 4 aromatic rings. The van der Waals surface area contributed by atoms with Crippen LogP contribution in [-0.4, -0.2) is 21.5 Å². The number of carbonyl (C=O) groups is 1. The van der Waals surface area contributed by atoms with Crippen LogP contribution in [0, 0.1) is 6.92 Å². The number of aryl methyl sites for hydroxylation is 1. The molecule has 0 radical (unpaired) electrons. The average Bonchev–Trinajstić information content (AvgIpc) is 3.64. The normalized spacial score (nSPS) is 14.1. The quantitative estimate of drug-likeness (QED) is 0.455. The standard InChI is InChI=1S/C27H26N4O2/c1-17-10-11-20(26(32)30-21-12-13-21)16-24(17)31-15-14-28-25(27(31)33)29-18(2)22-9-5-7-19-6-3-4-8-23(19)22/h3-11,14-16,18,21H,12-13H2,1-2H3,(H,28,29)(H,30,32). The Morgan fingerprint density at radius 2 is 1.88 bits per heavy atom. The van der Waals surface area contributed by atoms with E-state index < -0.39 is 0 Å². The fraction of sp³-hybridized carbons (Fsp3) is 0.222. The van der Waals surface area contributed by atoms with Crippen LogP contribution in [0.25, 0.3) is 16.5 Å². The van der Waals surface area contributed by atoms with Gasteiger partial charge in [-0.05, 0) is 60.7 Å². The molecule has 0 aliphatic heterocycles. The van der Waals surface area contributed by atoms with Gasteiger partial charge in [-0.1, -0.05) is 48.5 Å². The molecule has 0 saturated heterocycles. The lowest BCUT2D eigenvalue weighted by atomic mass is 10.00. The van der Waals surface area contributed by atoms with Gasteiger partial charge in [0.1, 0.15) is 0 Å². The summed E-state index contributed by atoms with van der Waals surface area (Å²) in [6.07, 6.45) is 5.30. The van der Waals surface area contributed by atoms with Crippen molar-refractivity contribution in [2.24, 2.45) is 0 Å². The number of aromatic nitrogens is 2. The Kier molecular flexibility index (Phi) is 5.42. The molecule has 1 saturated carbocycles. The van der Waals surface area contributed by atoms with Crippen LogP contribution in [-0.2, 0) is 0 Å². The van der Waals surface area contributed by atoms with Crippen molar-refractivity contribution in [3.05, 3.63) is 100 Å². The zero-order valence-electron chi connectivity index (χ0n) is 18.7. The van der Waals surface area contributed by atoms with Crippen LogP contribution in [0.2, 0.25) is 0 Å². The van der Waals surface area contributed by atoms with Crippen LogP contribution >= 0.6 is 0 Å². The van der Waals surface area contributed by atoms with Gasteiger partial charge in [0.25, 0.3) is 11.5 Å². The summed E-state index contributed by atoms with van der Waals surface area (Å²) >= 11 is 0. The number of amides is 1. The van der Waals surface area contributed by atoms with Gasteiger partial charge in [0.05, 0.1) is 11.7 Å². The zero-order valence-corrected chi connectivity index (χ0v) is 18.7. The van der Waals surface area contributed by atoms with Crippen molar-refractivity contribution >= 4 is 22.5 Å². The monoisotopic (exact) mass is 438 g/mol. The predicted octanol–water partition coefficient (Wildman–Crippen LogP) is 4.76. The van der Waals surface area contributed by atoms with Crippen molar-refractivity contribution in [3.8, 4) is 5.69 Å². The molecule has 1 unspecified atom stereocenters. The van der Waals surface area contributed by atoms with Gasteiger partial charge in [0.15, 0.2) is 5.82 Å². The molecule has 1 amide bonds. The van der Waals surface area contributed by atoms with Crippen molar-refractivity contribution in [1.29, 1.82) is 0 Å². The number of anilines is 1. The zero-order chi connectivity index (χ0) is 22.9. The van der Waals surface area contributed by atoms with Gasteiger partial charge >= 0.3 is 0 Å². The molecular formula is C27H26N4O2. The predicted molar refractivity (Wildman–Crippen MR) is 131 cm³/mol. The van der Waals surface area contributed by atoms with Crippen LogP contribution in [0.5, 0.6) is 0 Å². The van der Waals surface area contributed by atoms with Crippen LogP contribution < -0.4 is 16.2 Å². The van der Waals surface area contributed by atoms with Crippen molar-refractivity contribution in [2.75, 3.05) is 5.32 Å². The smallest absolute Gasteiger partial charge is 0.297 e. The second-order valence-electron chi connectivity index (χ2n) is 8.63. The van der Waals surface area contributed by atoms with Crippen LogP contribution in [0.15, 0.2) is 77.9 Å². The Bertz CT molecular complexity index is 1400. The lowest BCUT2D eigenvalue weighted by Crippen LogP contribution is -2.27. The third kappa shape index (κ3) is 4.24. The van der Waals surface area contributed by atoms with Crippen molar-refractivity contribution in [3.63, 3.8) is 0 Å². The summed E-state index contributed by atoms with van der Waals surface area (Å²) in [7, 11) is 0. The molecular weight excluding hydrogens is 412 g/mol. The topological polar surface area (TPSA) is 76.0 Å². The molecule has 6 heteroatoms.